The van der Waals surface area contributed by atoms with Crippen molar-refractivity contribution in [2.75, 3.05) is 13.6 Å². The first kappa shape index (κ1) is 26.0. The predicted octanol–water partition coefficient (Wildman–Crippen LogP) is 2.75. The number of hydrogen-bond donors (Lipinski definition) is 1. The van der Waals surface area contributed by atoms with Gasteiger partial charge in [0.15, 0.2) is 0 Å². The number of amides is 3. The van der Waals surface area contributed by atoms with Gasteiger partial charge in [-0.2, -0.15) is 0 Å². The second-order valence-corrected chi connectivity index (χ2v) is 10.4. The zero-order valence-corrected chi connectivity index (χ0v) is 20.9. The van der Waals surface area contributed by atoms with Gasteiger partial charge in [0, 0.05) is 33.0 Å². The molecule has 0 unspecified atom stereocenters. The molecule has 3 aromatic rings. The van der Waals surface area contributed by atoms with Crippen molar-refractivity contribution < 1.29 is 27.2 Å². The highest BCUT2D eigenvalue weighted by atomic mass is 32.2. The van der Waals surface area contributed by atoms with Crippen molar-refractivity contribution in [1.29, 1.82) is 0 Å². The van der Waals surface area contributed by atoms with Crippen molar-refractivity contribution in [3.8, 4) is 0 Å². The van der Waals surface area contributed by atoms with E-state index >= 15 is 0 Å². The quantitative estimate of drug-likeness (QED) is 0.465. The molecule has 0 aromatic heterocycles. The molecule has 4 rings (SSSR count). The second-order valence-electron chi connectivity index (χ2n) is 8.60. The van der Waals surface area contributed by atoms with E-state index in [-0.39, 0.29) is 36.4 Å². The maximum atomic E-state index is 13.6. The first-order valence-corrected chi connectivity index (χ1v) is 13.1. The van der Waals surface area contributed by atoms with Gasteiger partial charge in [-0.1, -0.05) is 54.6 Å². The molecule has 8 nitrogen and oxygen atoms in total. The highest BCUT2D eigenvalue weighted by Gasteiger charge is 2.41. The van der Waals surface area contributed by atoms with Crippen LogP contribution in [0.3, 0.4) is 0 Å². The largest absolute Gasteiger partial charge is 0.357 e. The van der Waals surface area contributed by atoms with Crippen molar-refractivity contribution >= 4 is 27.7 Å². The minimum atomic E-state index is -4.08. The van der Waals surface area contributed by atoms with Crippen molar-refractivity contribution in [1.82, 2.24) is 14.5 Å². The Morgan fingerprint density at radius 3 is 2.24 bits per heavy atom. The summed E-state index contributed by atoms with van der Waals surface area (Å²) in [6.07, 6.45) is -0.123. The summed E-state index contributed by atoms with van der Waals surface area (Å²) < 4.78 is 40.0. The number of carbonyl (C=O) groups is 3. The third kappa shape index (κ3) is 5.54. The zero-order valence-electron chi connectivity index (χ0n) is 20.1. The number of nitrogens with zero attached hydrogens (tertiary/aromatic N) is 2. The average Bonchev–Trinajstić information content (AvgIpc) is 3.10. The molecular formula is C27H26FN3O5S. The fourth-order valence-electron chi connectivity index (χ4n) is 4.30. The van der Waals surface area contributed by atoms with Gasteiger partial charge < -0.3 is 10.2 Å². The van der Waals surface area contributed by atoms with Gasteiger partial charge in [-0.3, -0.25) is 14.4 Å². The lowest BCUT2D eigenvalue weighted by Crippen LogP contribution is -2.50. The molecule has 1 aliphatic heterocycles. The lowest BCUT2D eigenvalue weighted by molar-refractivity contribution is -0.141. The van der Waals surface area contributed by atoms with E-state index in [1.807, 2.05) is 30.3 Å². The lowest BCUT2D eigenvalue weighted by atomic mass is 10.0. The molecule has 3 amide bonds. The number of benzene rings is 3. The predicted molar refractivity (Wildman–Crippen MR) is 134 cm³/mol. The van der Waals surface area contributed by atoms with Crippen LogP contribution in [-0.4, -0.2) is 55.0 Å². The summed E-state index contributed by atoms with van der Waals surface area (Å²) in [4.78, 5) is 40.5. The number of carbonyl (C=O) groups excluding carboxylic acids is 3. The molecule has 1 N–H and O–H groups in total. The number of rotatable bonds is 9. The van der Waals surface area contributed by atoms with Gasteiger partial charge in [-0.15, -0.1) is 0 Å². The average molecular weight is 524 g/mol. The van der Waals surface area contributed by atoms with Gasteiger partial charge in [0.05, 0.1) is 5.56 Å². The van der Waals surface area contributed by atoms with Crippen molar-refractivity contribution in [3.63, 3.8) is 0 Å². The SMILES string of the molecule is CNC(=O)[C@H](Cc1ccccc1)N(Cc1ccc(F)cc1)C(=O)CCN1C(=O)c2ccccc2S1(=O)=O. The summed E-state index contributed by atoms with van der Waals surface area (Å²) >= 11 is 0. The van der Waals surface area contributed by atoms with Gasteiger partial charge in [-0.05, 0) is 35.4 Å². The van der Waals surface area contributed by atoms with E-state index in [4.69, 9.17) is 0 Å². The Morgan fingerprint density at radius 2 is 1.59 bits per heavy atom. The van der Waals surface area contributed by atoms with Crippen LogP contribution < -0.4 is 5.32 Å². The van der Waals surface area contributed by atoms with Crippen LogP contribution in [0.5, 0.6) is 0 Å². The fraction of sp³-hybridized carbons (Fsp3) is 0.222. The standard InChI is InChI=1S/C27H26FN3O5S/c1-29-26(33)23(17-19-7-3-2-4-8-19)30(18-20-11-13-21(28)14-12-20)25(32)15-16-31-27(34)22-9-5-6-10-24(22)37(31,35)36/h2-14,23H,15-18H2,1H3,(H,29,33)/t23-/m0/s1. The molecule has 0 spiro atoms. The van der Waals surface area contributed by atoms with Gasteiger partial charge >= 0.3 is 0 Å². The number of halogens is 1. The number of nitrogens with one attached hydrogen (secondary N) is 1. The Balaban J connectivity index is 1.61. The molecule has 1 atom stereocenters. The third-order valence-electron chi connectivity index (χ3n) is 6.22. The molecule has 37 heavy (non-hydrogen) atoms. The van der Waals surface area contributed by atoms with Gasteiger partial charge in [0.1, 0.15) is 16.8 Å². The number of hydrogen-bond acceptors (Lipinski definition) is 5. The molecule has 0 saturated heterocycles. The Kier molecular flexibility index (Phi) is 7.68. The van der Waals surface area contributed by atoms with E-state index in [0.717, 1.165) is 5.56 Å². The molecule has 1 heterocycles. The summed E-state index contributed by atoms with van der Waals surface area (Å²) in [5.74, 6) is -2.06. The molecule has 0 radical (unpaired) electrons. The summed E-state index contributed by atoms with van der Waals surface area (Å²) in [5, 5.41) is 2.59. The molecule has 10 heteroatoms. The zero-order chi connectivity index (χ0) is 26.6. The maximum absolute atomic E-state index is 13.6. The summed E-state index contributed by atoms with van der Waals surface area (Å²) in [5.41, 5.74) is 1.47. The van der Waals surface area contributed by atoms with E-state index in [1.54, 1.807) is 6.07 Å². The van der Waals surface area contributed by atoms with Crippen molar-refractivity contribution in [2.45, 2.75) is 30.3 Å². The monoisotopic (exact) mass is 523 g/mol. The van der Waals surface area contributed by atoms with Crippen LogP contribution >= 0.6 is 0 Å². The minimum absolute atomic E-state index is 0.00897. The highest BCUT2D eigenvalue weighted by molar-refractivity contribution is 7.90. The normalized spacial score (nSPS) is 14.6. The fourth-order valence-corrected chi connectivity index (χ4v) is 5.87. The smallest absolute Gasteiger partial charge is 0.269 e. The van der Waals surface area contributed by atoms with E-state index in [2.05, 4.69) is 5.32 Å². The number of likely N-dealkylation sites (N-methyl/N-ethyl adjacent to an activating group) is 1. The summed E-state index contributed by atoms with van der Waals surface area (Å²) in [6, 6.07) is 19.7. The Morgan fingerprint density at radius 1 is 0.946 bits per heavy atom. The van der Waals surface area contributed by atoms with Crippen LogP contribution in [0, 0.1) is 5.82 Å². The summed E-state index contributed by atoms with van der Waals surface area (Å²) in [7, 11) is -2.61. The Labute approximate surface area is 214 Å². The van der Waals surface area contributed by atoms with Crippen LogP contribution in [0.15, 0.2) is 83.8 Å². The molecule has 0 saturated carbocycles. The topological polar surface area (TPSA) is 104 Å². The van der Waals surface area contributed by atoms with Crippen molar-refractivity contribution in [2.24, 2.45) is 0 Å². The molecule has 0 aliphatic carbocycles. The van der Waals surface area contributed by atoms with Gasteiger partial charge in [0.25, 0.3) is 15.9 Å². The van der Waals surface area contributed by atoms with Gasteiger partial charge in [0.2, 0.25) is 11.8 Å². The summed E-state index contributed by atoms with van der Waals surface area (Å²) in [6.45, 7) is -0.384. The van der Waals surface area contributed by atoms with E-state index in [9.17, 15) is 27.2 Å². The third-order valence-corrected chi connectivity index (χ3v) is 8.06. The Hall–Kier alpha value is -4.05. The van der Waals surface area contributed by atoms with E-state index in [0.29, 0.717) is 9.87 Å². The molecule has 1 aliphatic rings. The number of sulfonamides is 1. The lowest BCUT2D eigenvalue weighted by Gasteiger charge is -2.31. The van der Waals surface area contributed by atoms with Crippen LogP contribution in [0.1, 0.15) is 27.9 Å². The molecule has 3 aromatic carbocycles. The van der Waals surface area contributed by atoms with Crippen LogP contribution in [0.25, 0.3) is 0 Å². The van der Waals surface area contributed by atoms with Crippen LogP contribution in [0.4, 0.5) is 4.39 Å². The molecular weight excluding hydrogens is 497 g/mol. The minimum Gasteiger partial charge on any atom is -0.357 e. The first-order valence-electron chi connectivity index (χ1n) is 11.7. The Bertz CT molecular complexity index is 1410. The molecule has 0 fully saturated rings. The molecule has 0 bridgehead atoms. The maximum Gasteiger partial charge on any atom is 0.269 e. The second kappa shape index (κ2) is 10.9. The van der Waals surface area contributed by atoms with E-state index in [1.165, 1.54) is 54.4 Å². The van der Waals surface area contributed by atoms with Crippen LogP contribution in [-0.2, 0) is 32.6 Å². The first-order chi connectivity index (χ1) is 17.7. The van der Waals surface area contributed by atoms with E-state index < -0.39 is 39.6 Å². The highest BCUT2D eigenvalue weighted by Crippen LogP contribution is 2.30. The number of fused-ring (bicyclic) bond motifs is 1. The molecule has 192 valence electrons. The van der Waals surface area contributed by atoms with Crippen LogP contribution in [0.2, 0.25) is 0 Å². The van der Waals surface area contributed by atoms with Gasteiger partial charge in [-0.25, -0.2) is 17.1 Å². The van der Waals surface area contributed by atoms with Crippen molar-refractivity contribution in [3.05, 3.63) is 101 Å².